The molecule has 56 valence electrons. The van der Waals surface area contributed by atoms with E-state index < -0.39 is 0 Å². The van der Waals surface area contributed by atoms with Crippen LogP contribution in [0.1, 0.15) is 20.8 Å². The molecule has 0 rings (SSSR count). The molecule has 0 aromatic rings. The SMILES string of the molecule is CCOC(=NC#N)C(C)C. The molecule has 10 heavy (non-hydrogen) atoms. The molecule has 0 amide bonds. The monoisotopic (exact) mass is 140 g/mol. The molecule has 0 unspecified atom stereocenters. The second-order valence-corrected chi connectivity index (χ2v) is 2.14. The van der Waals surface area contributed by atoms with Crippen molar-refractivity contribution >= 4 is 5.90 Å². The van der Waals surface area contributed by atoms with Crippen LogP contribution in [-0.4, -0.2) is 12.5 Å². The van der Waals surface area contributed by atoms with Gasteiger partial charge in [-0.05, 0) is 6.92 Å². The number of aliphatic imine (C=N–C) groups is 1. The number of ether oxygens (including phenoxy) is 1. The van der Waals surface area contributed by atoms with Gasteiger partial charge in [0.2, 0.25) is 12.1 Å². The fourth-order valence-corrected chi connectivity index (χ4v) is 0.525. The van der Waals surface area contributed by atoms with Gasteiger partial charge in [-0.2, -0.15) is 5.26 Å². The Morgan fingerprint density at radius 2 is 2.30 bits per heavy atom. The topological polar surface area (TPSA) is 45.4 Å². The minimum atomic E-state index is 0.194. The van der Waals surface area contributed by atoms with E-state index in [4.69, 9.17) is 10.00 Å². The van der Waals surface area contributed by atoms with Gasteiger partial charge < -0.3 is 4.74 Å². The van der Waals surface area contributed by atoms with Crippen molar-refractivity contribution in [3.63, 3.8) is 0 Å². The van der Waals surface area contributed by atoms with Crippen molar-refractivity contribution in [3.05, 3.63) is 0 Å². The van der Waals surface area contributed by atoms with Crippen molar-refractivity contribution in [2.45, 2.75) is 20.8 Å². The minimum Gasteiger partial charge on any atom is -0.480 e. The standard InChI is InChI=1S/C7H12N2O/c1-4-10-7(6(2)3)9-5-8/h6H,4H2,1-3H3. The highest BCUT2D eigenvalue weighted by molar-refractivity contribution is 5.78. The van der Waals surface area contributed by atoms with Gasteiger partial charge in [0.05, 0.1) is 6.61 Å². The van der Waals surface area contributed by atoms with Gasteiger partial charge in [-0.3, -0.25) is 0 Å². The molecule has 0 spiro atoms. The Kier molecular flexibility index (Phi) is 4.30. The maximum Gasteiger partial charge on any atom is 0.208 e. The summed E-state index contributed by atoms with van der Waals surface area (Å²) in [7, 11) is 0. The smallest absolute Gasteiger partial charge is 0.208 e. The van der Waals surface area contributed by atoms with Crippen LogP contribution in [0.5, 0.6) is 0 Å². The molecule has 0 aromatic carbocycles. The Labute approximate surface area is 61.3 Å². The number of nitriles is 1. The van der Waals surface area contributed by atoms with Crippen molar-refractivity contribution in [1.82, 2.24) is 0 Å². The van der Waals surface area contributed by atoms with Gasteiger partial charge in [-0.15, -0.1) is 4.99 Å². The highest BCUT2D eigenvalue weighted by atomic mass is 16.5. The van der Waals surface area contributed by atoms with Gasteiger partial charge in [0, 0.05) is 5.92 Å². The number of rotatable bonds is 2. The Morgan fingerprint density at radius 3 is 2.60 bits per heavy atom. The Bertz CT molecular complexity index is 155. The fourth-order valence-electron chi connectivity index (χ4n) is 0.525. The summed E-state index contributed by atoms with van der Waals surface area (Å²) < 4.78 is 5.07. The highest BCUT2D eigenvalue weighted by Crippen LogP contribution is 1.98. The number of hydrogen-bond donors (Lipinski definition) is 0. The van der Waals surface area contributed by atoms with Crippen LogP contribution in [0.25, 0.3) is 0 Å². The van der Waals surface area contributed by atoms with E-state index in [1.54, 1.807) is 6.19 Å². The van der Waals surface area contributed by atoms with E-state index >= 15 is 0 Å². The Balaban J connectivity index is 4.01. The summed E-state index contributed by atoms with van der Waals surface area (Å²) in [6.45, 7) is 6.31. The van der Waals surface area contributed by atoms with Gasteiger partial charge >= 0.3 is 0 Å². The van der Waals surface area contributed by atoms with E-state index in [1.807, 2.05) is 20.8 Å². The molecule has 0 saturated carbocycles. The summed E-state index contributed by atoms with van der Waals surface area (Å²) in [6, 6.07) is 0. The molecule has 0 aromatic heterocycles. The first-order valence-corrected chi connectivity index (χ1v) is 3.31. The molecule has 0 atom stereocenters. The van der Waals surface area contributed by atoms with E-state index in [-0.39, 0.29) is 5.92 Å². The first-order valence-electron chi connectivity index (χ1n) is 3.31. The van der Waals surface area contributed by atoms with E-state index in [9.17, 15) is 0 Å². The molecule has 0 saturated heterocycles. The van der Waals surface area contributed by atoms with Gasteiger partial charge in [-0.1, -0.05) is 13.8 Å². The molecule has 0 bridgehead atoms. The third-order valence-electron chi connectivity index (χ3n) is 0.946. The normalized spacial score (nSPS) is 11.3. The molecule has 0 heterocycles. The third kappa shape index (κ3) is 3.08. The summed E-state index contributed by atoms with van der Waals surface area (Å²) >= 11 is 0. The largest absolute Gasteiger partial charge is 0.480 e. The highest BCUT2D eigenvalue weighted by Gasteiger charge is 2.03. The van der Waals surface area contributed by atoms with Crippen LogP contribution in [0.2, 0.25) is 0 Å². The minimum absolute atomic E-state index is 0.194. The number of hydrogen-bond acceptors (Lipinski definition) is 3. The van der Waals surface area contributed by atoms with Crippen molar-refractivity contribution in [2.75, 3.05) is 6.61 Å². The van der Waals surface area contributed by atoms with Gasteiger partial charge in [-0.25, -0.2) is 0 Å². The van der Waals surface area contributed by atoms with Crippen LogP contribution in [0.15, 0.2) is 4.99 Å². The van der Waals surface area contributed by atoms with E-state index in [1.165, 1.54) is 0 Å². The van der Waals surface area contributed by atoms with Crippen molar-refractivity contribution in [3.8, 4) is 6.19 Å². The Morgan fingerprint density at radius 1 is 1.70 bits per heavy atom. The van der Waals surface area contributed by atoms with Crippen LogP contribution in [0.4, 0.5) is 0 Å². The lowest BCUT2D eigenvalue weighted by atomic mass is 10.2. The van der Waals surface area contributed by atoms with E-state index in [2.05, 4.69) is 4.99 Å². The van der Waals surface area contributed by atoms with Crippen LogP contribution in [0, 0.1) is 17.4 Å². The lowest BCUT2D eigenvalue weighted by Crippen LogP contribution is -2.11. The molecule has 0 N–H and O–H groups in total. The zero-order chi connectivity index (χ0) is 7.98. The molecular weight excluding hydrogens is 128 g/mol. The van der Waals surface area contributed by atoms with Crippen molar-refractivity contribution in [2.24, 2.45) is 10.9 Å². The molecule has 3 nitrogen and oxygen atoms in total. The first kappa shape index (κ1) is 8.96. The van der Waals surface area contributed by atoms with Crippen LogP contribution < -0.4 is 0 Å². The maximum absolute atomic E-state index is 8.19. The van der Waals surface area contributed by atoms with Gasteiger partial charge in [0.1, 0.15) is 0 Å². The predicted octanol–water partition coefficient (Wildman–Crippen LogP) is 1.56. The molecule has 0 radical (unpaired) electrons. The second kappa shape index (κ2) is 4.80. The fraction of sp³-hybridized carbons (Fsp3) is 0.714. The summed E-state index contributed by atoms with van der Waals surface area (Å²) in [4.78, 5) is 3.51. The lowest BCUT2D eigenvalue weighted by Gasteiger charge is -2.07. The summed E-state index contributed by atoms with van der Waals surface area (Å²) in [5.74, 6) is 0.713. The predicted molar refractivity (Wildman–Crippen MR) is 39.5 cm³/mol. The number of nitrogens with zero attached hydrogens (tertiary/aromatic N) is 2. The molecule has 3 heteroatoms. The average molecular weight is 140 g/mol. The molecule has 0 aliphatic heterocycles. The molecular formula is C7H12N2O. The lowest BCUT2D eigenvalue weighted by molar-refractivity contribution is 0.306. The van der Waals surface area contributed by atoms with Gasteiger partial charge in [0.25, 0.3) is 0 Å². The summed E-state index contributed by atoms with van der Waals surface area (Å²) in [5.41, 5.74) is 0. The molecule has 0 aliphatic carbocycles. The van der Waals surface area contributed by atoms with Gasteiger partial charge in [0.15, 0.2) is 0 Å². The maximum atomic E-state index is 8.19. The Hall–Kier alpha value is -1.04. The van der Waals surface area contributed by atoms with Crippen LogP contribution in [-0.2, 0) is 4.74 Å². The van der Waals surface area contributed by atoms with E-state index in [0.29, 0.717) is 12.5 Å². The van der Waals surface area contributed by atoms with Crippen molar-refractivity contribution in [1.29, 1.82) is 5.26 Å². The van der Waals surface area contributed by atoms with Crippen molar-refractivity contribution < 1.29 is 4.74 Å². The van der Waals surface area contributed by atoms with E-state index in [0.717, 1.165) is 0 Å². The quantitative estimate of drug-likeness (QED) is 0.332. The first-order chi connectivity index (χ1) is 4.72. The zero-order valence-corrected chi connectivity index (χ0v) is 6.59. The average Bonchev–Trinajstić information content (AvgIpc) is 1.87. The molecule has 0 aliphatic rings. The van der Waals surface area contributed by atoms with Crippen LogP contribution in [0.3, 0.4) is 0 Å². The second-order valence-electron chi connectivity index (χ2n) is 2.14. The van der Waals surface area contributed by atoms with Crippen LogP contribution >= 0.6 is 0 Å². The summed E-state index contributed by atoms with van der Waals surface area (Å²) in [6.07, 6.45) is 1.70. The molecule has 0 fully saturated rings. The zero-order valence-electron chi connectivity index (χ0n) is 6.59. The summed E-state index contributed by atoms with van der Waals surface area (Å²) in [5, 5.41) is 8.19. The third-order valence-corrected chi connectivity index (χ3v) is 0.946.